The molecule has 2 heterocycles. The van der Waals surface area contributed by atoms with Crippen LogP contribution >= 0.6 is 0 Å². The number of hydrogen-bond donors (Lipinski definition) is 2. The van der Waals surface area contributed by atoms with E-state index in [4.69, 9.17) is 9.47 Å². The Morgan fingerprint density at radius 2 is 1.97 bits per heavy atom. The first kappa shape index (κ1) is 23.4. The molecule has 0 saturated carbocycles. The lowest BCUT2D eigenvalue weighted by atomic mass is 10.0. The molecule has 0 bridgehead atoms. The van der Waals surface area contributed by atoms with Crippen molar-refractivity contribution in [2.24, 2.45) is 4.99 Å². The van der Waals surface area contributed by atoms with Crippen molar-refractivity contribution in [1.82, 2.24) is 20.4 Å². The number of piperidine rings is 1. The number of ether oxygens (including phenoxy) is 2. The fourth-order valence-electron chi connectivity index (χ4n) is 3.43. The van der Waals surface area contributed by atoms with Crippen LogP contribution in [0.4, 0.5) is 0 Å². The Labute approximate surface area is 174 Å². The van der Waals surface area contributed by atoms with E-state index in [-0.39, 0.29) is 30.5 Å². The van der Waals surface area contributed by atoms with Crippen LogP contribution in [0.5, 0.6) is 0 Å². The second-order valence-electron chi connectivity index (χ2n) is 7.86. The molecule has 0 aliphatic carbocycles. The summed E-state index contributed by atoms with van der Waals surface area (Å²) >= 11 is 0. The summed E-state index contributed by atoms with van der Waals surface area (Å²) in [6.07, 6.45) is 5.65. The molecule has 0 radical (unpaired) electrons. The zero-order valence-electron chi connectivity index (χ0n) is 18.1. The average Bonchev–Trinajstić information content (AvgIpc) is 2.74. The molecule has 0 aromatic rings. The van der Waals surface area contributed by atoms with Gasteiger partial charge in [-0.2, -0.15) is 0 Å². The molecule has 1 unspecified atom stereocenters. The van der Waals surface area contributed by atoms with Gasteiger partial charge in [-0.05, 0) is 32.1 Å². The van der Waals surface area contributed by atoms with E-state index < -0.39 is 0 Å². The quantitative estimate of drug-likeness (QED) is 0.438. The van der Waals surface area contributed by atoms with E-state index in [9.17, 15) is 9.59 Å². The lowest BCUT2D eigenvalue weighted by molar-refractivity contribution is -0.133. The Balaban J connectivity index is 1.85. The molecule has 0 aromatic heterocycles. The molecule has 0 spiro atoms. The zero-order valence-corrected chi connectivity index (χ0v) is 18.1. The summed E-state index contributed by atoms with van der Waals surface area (Å²) in [5.41, 5.74) is 0. The first-order valence-corrected chi connectivity index (χ1v) is 10.6. The minimum atomic E-state index is -0.0430. The number of carbonyl (C=O) groups is 2. The maximum atomic E-state index is 12.1. The molecule has 9 heteroatoms. The highest BCUT2D eigenvalue weighted by Crippen LogP contribution is 2.13. The van der Waals surface area contributed by atoms with Crippen LogP contribution < -0.4 is 10.6 Å². The van der Waals surface area contributed by atoms with Crippen molar-refractivity contribution in [1.29, 1.82) is 0 Å². The summed E-state index contributed by atoms with van der Waals surface area (Å²) in [4.78, 5) is 32.0. The lowest BCUT2D eigenvalue weighted by Gasteiger charge is -2.33. The maximum Gasteiger partial charge on any atom is 0.243 e. The van der Waals surface area contributed by atoms with Gasteiger partial charge < -0.3 is 29.9 Å². The van der Waals surface area contributed by atoms with Gasteiger partial charge in [-0.15, -0.1) is 0 Å². The monoisotopic (exact) mass is 411 g/mol. The maximum absolute atomic E-state index is 12.1. The molecule has 166 valence electrons. The molecule has 2 N–H and O–H groups in total. The van der Waals surface area contributed by atoms with Gasteiger partial charge >= 0.3 is 0 Å². The number of guanidine groups is 1. The second-order valence-corrected chi connectivity index (χ2v) is 7.86. The summed E-state index contributed by atoms with van der Waals surface area (Å²) in [6, 6.07) is 0.217. The van der Waals surface area contributed by atoms with Crippen LogP contribution in [-0.4, -0.2) is 100 Å². The smallest absolute Gasteiger partial charge is 0.243 e. The molecule has 1 atom stereocenters. The molecule has 2 aliphatic rings. The van der Waals surface area contributed by atoms with Crippen molar-refractivity contribution in [3.05, 3.63) is 0 Å². The molecule has 0 aromatic carbocycles. The number of hydrogen-bond acceptors (Lipinski definition) is 5. The van der Waals surface area contributed by atoms with E-state index in [0.717, 1.165) is 45.4 Å². The van der Waals surface area contributed by atoms with E-state index in [1.165, 1.54) is 11.3 Å². The number of nitrogens with zero attached hydrogens (tertiary/aromatic N) is 3. The summed E-state index contributed by atoms with van der Waals surface area (Å²) < 4.78 is 10.8. The number of aliphatic imine (C=N–C) groups is 1. The normalized spacial score (nSPS) is 21.0. The molecule has 2 saturated heterocycles. The Kier molecular flexibility index (Phi) is 10.2. The summed E-state index contributed by atoms with van der Waals surface area (Å²) in [5, 5.41) is 6.78. The predicted octanol–water partition coefficient (Wildman–Crippen LogP) is 0.206. The largest absolute Gasteiger partial charge is 0.384 e. The fourth-order valence-corrected chi connectivity index (χ4v) is 3.43. The van der Waals surface area contributed by atoms with E-state index in [2.05, 4.69) is 15.6 Å². The second kappa shape index (κ2) is 12.6. The van der Waals surface area contributed by atoms with Gasteiger partial charge in [0.1, 0.15) is 6.54 Å². The summed E-state index contributed by atoms with van der Waals surface area (Å²) in [6.45, 7) is 3.48. The van der Waals surface area contributed by atoms with Gasteiger partial charge in [0.15, 0.2) is 5.96 Å². The lowest BCUT2D eigenvalue weighted by Crippen LogP contribution is -2.51. The Morgan fingerprint density at radius 3 is 2.59 bits per heavy atom. The van der Waals surface area contributed by atoms with Crippen LogP contribution in [0.15, 0.2) is 4.99 Å². The first-order valence-electron chi connectivity index (χ1n) is 10.6. The van der Waals surface area contributed by atoms with Crippen molar-refractivity contribution in [3.8, 4) is 0 Å². The number of methoxy groups -OCH3 is 1. The van der Waals surface area contributed by atoms with Crippen LogP contribution in [0.1, 0.15) is 38.5 Å². The number of nitrogens with one attached hydrogen (secondary N) is 2. The van der Waals surface area contributed by atoms with Crippen LogP contribution in [-0.2, 0) is 19.1 Å². The first-order chi connectivity index (χ1) is 14.0. The van der Waals surface area contributed by atoms with Crippen LogP contribution in [0.2, 0.25) is 0 Å². The third-order valence-corrected chi connectivity index (χ3v) is 5.35. The van der Waals surface area contributed by atoms with Gasteiger partial charge in [0.2, 0.25) is 11.8 Å². The van der Waals surface area contributed by atoms with Crippen molar-refractivity contribution in [2.45, 2.75) is 50.7 Å². The number of rotatable bonds is 8. The van der Waals surface area contributed by atoms with Gasteiger partial charge in [-0.25, -0.2) is 4.99 Å². The van der Waals surface area contributed by atoms with Crippen molar-refractivity contribution < 1.29 is 19.1 Å². The summed E-state index contributed by atoms with van der Waals surface area (Å²) in [5.74, 6) is 0.737. The van der Waals surface area contributed by atoms with Crippen LogP contribution in [0.3, 0.4) is 0 Å². The molecule has 29 heavy (non-hydrogen) atoms. The number of likely N-dealkylation sites (tertiary alicyclic amines) is 1. The third-order valence-electron chi connectivity index (χ3n) is 5.35. The van der Waals surface area contributed by atoms with Gasteiger partial charge in [0.25, 0.3) is 0 Å². The summed E-state index contributed by atoms with van der Waals surface area (Å²) in [7, 11) is 5.06. The van der Waals surface area contributed by atoms with Crippen LogP contribution in [0, 0.1) is 0 Å². The Hall–Kier alpha value is -1.87. The highest BCUT2D eigenvalue weighted by atomic mass is 16.5. The highest BCUT2D eigenvalue weighted by Gasteiger charge is 2.23. The predicted molar refractivity (Wildman–Crippen MR) is 112 cm³/mol. The molecule has 2 amide bonds. The third kappa shape index (κ3) is 8.57. The van der Waals surface area contributed by atoms with Crippen molar-refractivity contribution in [3.63, 3.8) is 0 Å². The Bertz CT molecular complexity index is 541. The molecule has 9 nitrogen and oxygen atoms in total. The van der Waals surface area contributed by atoms with Crippen LogP contribution in [0.25, 0.3) is 0 Å². The number of likely N-dealkylation sites (N-methyl/N-ethyl adjacent to an activating group) is 1. The number of amides is 2. The van der Waals surface area contributed by atoms with Gasteiger partial charge in [0.05, 0.1) is 19.1 Å². The minimum absolute atomic E-state index is 0.0430. The van der Waals surface area contributed by atoms with E-state index >= 15 is 0 Å². The molecule has 2 aliphatic heterocycles. The highest BCUT2D eigenvalue weighted by molar-refractivity contribution is 5.85. The van der Waals surface area contributed by atoms with Gasteiger partial charge in [-0.3, -0.25) is 9.59 Å². The van der Waals surface area contributed by atoms with Gasteiger partial charge in [-0.1, -0.05) is 0 Å². The van der Waals surface area contributed by atoms with Gasteiger partial charge in [0, 0.05) is 53.5 Å². The van der Waals surface area contributed by atoms with E-state index in [1.807, 2.05) is 4.90 Å². The molecule has 2 fully saturated rings. The van der Waals surface area contributed by atoms with Crippen molar-refractivity contribution in [2.75, 3.05) is 60.6 Å². The standard InChI is InChI=1S/C20H37N5O4/c1-24(2)19(27)15-22-20(21-14-17-6-4-5-12-29-17)23-16-7-10-25(11-8-16)18(26)9-13-28-3/h16-17H,4-15H2,1-3H3,(H2,21,22,23). The number of carbonyl (C=O) groups excluding carboxylic acids is 2. The van der Waals surface area contributed by atoms with E-state index in [0.29, 0.717) is 25.5 Å². The SMILES string of the molecule is COCCC(=O)N1CCC(NC(=NCC(=O)N(C)C)NCC2CCCCO2)CC1. The fraction of sp³-hybridized carbons (Fsp3) is 0.850. The zero-order chi connectivity index (χ0) is 21.1. The molecular formula is C20H37N5O4. The minimum Gasteiger partial charge on any atom is -0.384 e. The van der Waals surface area contributed by atoms with Crippen molar-refractivity contribution >= 4 is 17.8 Å². The topological polar surface area (TPSA) is 95.5 Å². The molecular weight excluding hydrogens is 374 g/mol. The molecule has 2 rings (SSSR count). The Morgan fingerprint density at radius 1 is 1.21 bits per heavy atom. The average molecular weight is 412 g/mol. The van der Waals surface area contributed by atoms with E-state index in [1.54, 1.807) is 21.2 Å².